The number of anilines is 1. The molecule has 2 N–H and O–H groups in total. The molecule has 0 aliphatic heterocycles. The van der Waals surface area contributed by atoms with Gasteiger partial charge in [-0.15, -0.1) is 0 Å². The molecule has 3 rings (SSSR count). The Kier molecular flexibility index (Phi) is 6.12. The molecule has 5 heteroatoms. The minimum atomic E-state index is -0.0870. The van der Waals surface area contributed by atoms with Crippen LogP contribution in [0.25, 0.3) is 0 Å². The second-order valence-electron chi connectivity index (χ2n) is 7.03. The van der Waals surface area contributed by atoms with E-state index in [0.717, 1.165) is 35.4 Å². The van der Waals surface area contributed by atoms with Gasteiger partial charge in [-0.2, -0.15) is 0 Å². The van der Waals surface area contributed by atoms with Crippen molar-refractivity contribution in [3.8, 4) is 5.75 Å². The summed E-state index contributed by atoms with van der Waals surface area (Å²) < 4.78 is 5.21. The lowest BCUT2D eigenvalue weighted by Gasteiger charge is -2.15. The summed E-state index contributed by atoms with van der Waals surface area (Å²) in [6.07, 6.45) is 3.07. The lowest BCUT2D eigenvalue weighted by molar-refractivity contribution is -0.121. The Hall–Kier alpha value is -2.82. The summed E-state index contributed by atoms with van der Waals surface area (Å²) in [5.74, 6) is 1.10. The van der Waals surface area contributed by atoms with Crippen LogP contribution < -0.4 is 15.4 Å². The standard InChI is InChI=1S/C22H26N2O3/c1-15(17-9-11-19(12-10-17)24-22(26)18-7-8-18)23-21(25)13-6-16-4-3-5-20(14-16)27-2/h3-5,9-12,14-15,18H,6-8,13H2,1-2H3,(H,23,25)(H,24,26). The second kappa shape index (κ2) is 8.71. The van der Waals surface area contributed by atoms with Gasteiger partial charge in [0, 0.05) is 18.0 Å². The van der Waals surface area contributed by atoms with E-state index in [1.54, 1.807) is 7.11 Å². The summed E-state index contributed by atoms with van der Waals surface area (Å²) in [6, 6.07) is 15.3. The number of carbonyl (C=O) groups is 2. The molecular formula is C22H26N2O3. The average molecular weight is 366 g/mol. The molecule has 2 aromatic rings. The summed E-state index contributed by atoms with van der Waals surface area (Å²) >= 11 is 0. The lowest BCUT2D eigenvalue weighted by Crippen LogP contribution is -2.26. The zero-order valence-electron chi connectivity index (χ0n) is 15.8. The molecule has 1 unspecified atom stereocenters. The van der Waals surface area contributed by atoms with Gasteiger partial charge in [0.05, 0.1) is 13.2 Å². The van der Waals surface area contributed by atoms with Crippen LogP contribution in [0, 0.1) is 5.92 Å². The molecule has 1 fully saturated rings. The van der Waals surface area contributed by atoms with Crippen molar-refractivity contribution in [3.63, 3.8) is 0 Å². The van der Waals surface area contributed by atoms with Crippen LogP contribution in [0.15, 0.2) is 48.5 Å². The molecule has 0 aromatic heterocycles. The van der Waals surface area contributed by atoms with Gasteiger partial charge in [-0.3, -0.25) is 9.59 Å². The third kappa shape index (κ3) is 5.58. The first-order chi connectivity index (χ1) is 13.0. The Balaban J connectivity index is 1.47. The van der Waals surface area contributed by atoms with Gasteiger partial charge in [-0.1, -0.05) is 24.3 Å². The summed E-state index contributed by atoms with van der Waals surface area (Å²) in [5, 5.41) is 5.95. The normalized spacial score (nSPS) is 14.3. The van der Waals surface area contributed by atoms with Crippen molar-refractivity contribution in [2.45, 2.75) is 38.6 Å². The summed E-state index contributed by atoms with van der Waals surface area (Å²) in [7, 11) is 1.64. The van der Waals surface area contributed by atoms with Crippen LogP contribution in [0.5, 0.6) is 5.75 Å². The Labute approximate surface area is 160 Å². The van der Waals surface area contributed by atoms with Gasteiger partial charge < -0.3 is 15.4 Å². The maximum absolute atomic E-state index is 12.2. The van der Waals surface area contributed by atoms with Crippen LogP contribution in [0.1, 0.15) is 43.4 Å². The van der Waals surface area contributed by atoms with Crippen LogP contribution in [0.2, 0.25) is 0 Å². The number of aryl methyl sites for hydroxylation is 1. The Morgan fingerprint density at radius 2 is 1.89 bits per heavy atom. The highest BCUT2D eigenvalue weighted by Gasteiger charge is 2.29. The number of hydrogen-bond donors (Lipinski definition) is 2. The topological polar surface area (TPSA) is 67.4 Å². The minimum Gasteiger partial charge on any atom is -0.497 e. The van der Waals surface area contributed by atoms with Crippen LogP contribution in [0.4, 0.5) is 5.69 Å². The van der Waals surface area contributed by atoms with Gasteiger partial charge in [0.25, 0.3) is 0 Å². The van der Waals surface area contributed by atoms with Crippen molar-refractivity contribution in [1.82, 2.24) is 5.32 Å². The SMILES string of the molecule is COc1cccc(CCC(=O)NC(C)c2ccc(NC(=O)C3CC3)cc2)c1. The Bertz CT molecular complexity index is 797. The lowest BCUT2D eigenvalue weighted by atomic mass is 10.1. The molecule has 1 aliphatic rings. The number of ether oxygens (including phenoxy) is 1. The number of carbonyl (C=O) groups excluding carboxylic acids is 2. The highest BCUT2D eigenvalue weighted by Crippen LogP contribution is 2.30. The van der Waals surface area contributed by atoms with Gasteiger partial charge in [0.1, 0.15) is 5.75 Å². The molecule has 0 heterocycles. The third-order valence-electron chi connectivity index (χ3n) is 4.78. The van der Waals surface area contributed by atoms with Crippen molar-refractivity contribution >= 4 is 17.5 Å². The molecule has 0 radical (unpaired) electrons. The smallest absolute Gasteiger partial charge is 0.227 e. The predicted molar refractivity (Wildman–Crippen MR) is 106 cm³/mol. The molecule has 2 amide bonds. The van der Waals surface area contributed by atoms with E-state index >= 15 is 0 Å². The fourth-order valence-corrected chi connectivity index (χ4v) is 2.93. The van der Waals surface area contributed by atoms with Gasteiger partial charge in [-0.05, 0) is 61.6 Å². The van der Waals surface area contributed by atoms with Gasteiger partial charge >= 0.3 is 0 Å². The molecule has 142 valence electrons. The second-order valence-corrected chi connectivity index (χ2v) is 7.03. The van der Waals surface area contributed by atoms with E-state index in [4.69, 9.17) is 4.74 Å². The quantitative estimate of drug-likeness (QED) is 0.746. The minimum absolute atomic E-state index is 0.0106. The molecular weight excluding hydrogens is 340 g/mol. The van der Waals surface area contributed by atoms with Crippen molar-refractivity contribution in [2.24, 2.45) is 5.92 Å². The van der Waals surface area contributed by atoms with Crippen molar-refractivity contribution < 1.29 is 14.3 Å². The fourth-order valence-electron chi connectivity index (χ4n) is 2.93. The molecule has 0 bridgehead atoms. The monoisotopic (exact) mass is 366 g/mol. The largest absolute Gasteiger partial charge is 0.497 e. The van der Waals surface area contributed by atoms with E-state index in [1.807, 2.05) is 55.5 Å². The highest BCUT2D eigenvalue weighted by molar-refractivity contribution is 5.94. The van der Waals surface area contributed by atoms with Gasteiger partial charge in [0.15, 0.2) is 0 Å². The van der Waals surface area contributed by atoms with E-state index in [9.17, 15) is 9.59 Å². The maximum Gasteiger partial charge on any atom is 0.227 e. The van der Waals surface area contributed by atoms with Crippen LogP contribution in [-0.2, 0) is 16.0 Å². The van der Waals surface area contributed by atoms with Crippen LogP contribution >= 0.6 is 0 Å². The molecule has 0 spiro atoms. The number of amides is 2. The number of hydrogen-bond acceptors (Lipinski definition) is 3. The summed E-state index contributed by atoms with van der Waals surface area (Å²) in [4.78, 5) is 24.0. The molecule has 1 atom stereocenters. The highest BCUT2D eigenvalue weighted by atomic mass is 16.5. The fraction of sp³-hybridized carbons (Fsp3) is 0.364. The van der Waals surface area contributed by atoms with E-state index in [-0.39, 0.29) is 23.8 Å². The van der Waals surface area contributed by atoms with Crippen molar-refractivity contribution in [2.75, 3.05) is 12.4 Å². The molecule has 2 aromatic carbocycles. The maximum atomic E-state index is 12.2. The Morgan fingerprint density at radius 3 is 2.56 bits per heavy atom. The zero-order valence-corrected chi connectivity index (χ0v) is 15.8. The predicted octanol–water partition coefficient (Wildman–Crippen LogP) is 3.85. The zero-order chi connectivity index (χ0) is 19.2. The van der Waals surface area contributed by atoms with E-state index in [0.29, 0.717) is 12.8 Å². The van der Waals surface area contributed by atoms with Gasteiger partial charge in [0.2, 0.25) is 11.8 Å². The van der Waals surface area contributed by atoms with Crippen molar-refractivity contribution in [1.29, 1.82) is 0 Å². The molecule has 5 nitrogen and oxygen atoms in total. The average Bonchev–Trinajstić information content (AvgIpc) is 3.52. The van der Waals surface area contributed by atoms with Crippen LogP contribution in [-0.4, -0.2) is 18.9 Å². The van der Waals surface area contributed by atoms with E-state index < -0.39 is 0 Å². The first-order valence-electron chi connectivity index (χ1n) is 9.38. The first-order valence-corrected chi connectivity index (χ1v) is 9.38. The first kappa shape index (κ1) is 19.0. The summed E-state index contributed by atoms with van der Waals surface area (Å²) in [6.45, 7) is 1.96. The molecule has 1 aliphatic carbocycles. The third-order valence-corrected chi connectivity index (χ3v) is 4.78. The number of benzene rings is 2. The Morgan fingerprint density at radius 1 is 1.15 bits per heavy atom. The van der Waals surface area contributed by atoms with Crippen LogP contribution in [0.3, 0.4) is 0 Å². The summed E-state index contributed by atoms with van der Waals surface area (Å²) in [5.41, 5.74) is 2.88. The number of rotatable bonds is 8. The molecule has 27 heavy (non-hydrogen) atoms. The van der Waals surface area contributed by atoms with Gasteiger partial charge in [-0.25, -0.2) is 0 Å². The van der Waals surface area contributed by atoms with E-state index in [1.165, 1.54) is 0 Å². The molecule has 0 saturated heterocycles. The van der Waals surface area contributed by atoms with E-state index in [2.05, 4.69) is 10.6 Å². The van der Waals surface area contributed by atoms with Crippen molar-refractivity contribution in [3.05, 3.63) is 59.7 Å². The number of nitrogens with one attached hydrogen (secondary N) is 2. The number of methoxy groups -OCH3 is 1. The molecule has 1 saturated carbocycles.